The number of aryl methyl sites for hydroxylation is 1. The molecule has 23 heavy (non-hydrogen) atoms. The van der Waals surface area contributed by atoms with Crippen LogP contribution in [0.3, 0.4) is 0 Å². The van der Waals surface area contributed by atoms with E-state index in [-0.39, 0.29) is 0 Å². The van der Waals surface area contributed by atoms with Gasteiger partial charge in [-0.25, -0.2) is 0 Å². The summed E-state index contributed by atoms with van der Waals surface area (Å²) >= 11 is 18.0. The van der Waals surface area contributed by atoms with Crippen LogP contribution in [0.5, 0.6) is 0 Å². The van der Waals surface area contributed by atoms with Gasteiger partial charge in [-0.1, -0.05) is 53.1 Å². The van der Waals surface area contributed by atoms with Crippen molar-refractivity contribution in [2.45, 2.75) is 17.1 Å². The summed E-state index contributed by atoms with van der Waals surface area (Å²) in [5.74, 6) is 0.107. The van der Waals surface area contributed by atoms with E-state index in [0.717, 1.165) is 27.8 Å². The van der Waals surface area contributed by atoms with Gasteiger partial charge < -0.3 is 5.32 Å². The minimum absolute atomic E-state index is 0.530. The lowest BCUT2D eigenvalue weighted by molar-refractivity contribution is -0.115. The molecule has 3 rings (SSSR count). The number of rotatable bonds is 3. The van der Waals surface area contributed by atoms with Crippen molar-refractivity contribution in [2.24, 2.45) is 0 Å². The standard InChI is InChI=1S/C13H10Cl3N5OS/c1-2-9-18-19-12-21(9)20-10(23-12)7-3-5-8(6-4-7)17-11(22)13(14,15)16/h3-6H,2H2,1H3,(H,17,22). The number of hydrogen-bond acceptors (Lipinski definition) is 5. The second-order valence-corrected chi connectivity index (χ2v) is 7.84. The highest BCUT2D eigenvalue weighted by Crippen LogP contribution is 2.29. The third kappa shape index (κ3) is 3.42. The van der Waals surface area contributed by atoms with Crippen molar-refractivity contribution in [1.82, 2.24) is 19.8 Å². The Morgan fingerprint density at radius 3 is 2.57 bits per heavy atom. The number of amides is 1. The molecular formula is C13H10Cl3N5OS. The van der Waals surface area contributed by atoms with Gasteiger partial charge in [-0.15, -0.1) is 10.2 Å². The fourth-order valence-electron chi connectivity index (χ4n) is 1.89. The second-order valence-electron chi connectivity index (χ2n) is 4.60. The van der Waals surface area contributed by atoms with E-state index in [2.05, 4.69) is 20.6 Å². The van der Waals surface area contributed by atoms with Crippen molar-refractivity contribution < 1.29 is 4.79 Å². The van der Waals surface area contributed by atoms with E-state index in [0.29, 0.717) is 5.69 Å². The van der Waals surface area contributed by atoms with E-state index in [4.69, 9.17) is 34.8 Å². The quantitative estimate of drug-likeness (QED) is 0.692. The summed E-state index contributed by atoms with van der Waals surface area (Å²) in [4.78, 5) is 12.3. The molecule has 1 N–H and O–H groups in total. The smallest absolute Gasteiger partial charge is 0.276 e. The minimum Gasteiger partial charge on any atom is -0.322 e. The normalized spacial score (nSPS) is 11.8. The fraction of sp³-hybridized carbons (Fsp3) is 0.231. The molecule has 1 aromatic carbocycles. The lowest BCUT2D eigenvalue weighted by atomic mass is 10.2. The molecule has 3 aromatic rings. The van der Waals surface area contributed by atoms with Crippen LogP contribution in [0.1, 0.15) is 12.7 Å². The maximum absolute atomic E-state index is 11.6. The fourth-order valence-corrected chi connectivity index (χ4v) is 2.90. The zero-order valence-corrected chi connectivity index (χ0v) is 14.8. The third-order valence-electron chi connectivity index (χ3n) is 3.02. The summed E-state index contributed by atoms with van der Waals surface area (Å²) in [6, 6.07) is 7.08. The number of nitrogens with zero attached hydrogens (tertiary/aromatic N) is 4. The summed E-state index contributed by atoms with van der Waals surface area (Å²) in [5, 5.41) is 16.0. The number of carbonyl (C=O) groups is 1. The number of anilines is 1. The number of carbonyl (C=O) groups excluding carboxylic acids is 1. The maximum atomic E-state index is 11.6. The molecule has 0 unspecified atom stereocenters. The van der Waals surface area contributed by atoms with Crippen LogP contribution < -0.4 is 5.32 Å². The molecule has 0 bridgehead atoms. The first kappa shape index (κ1) is 16.4. The van der Waals surface area contributed by atoms with Crippen molar-refractivity contribution in [3.05, 3.63) is 30.1 Å². The van der Waals surface area contributed by atoms with Crippen LogP contribution in [-0.4, -0.2) is 29.5 Å². The Kier molecular flexibility index (Phi) is 4.46. The van der Waals surface area contributed by atoms with Gasteiger partial charge in [0.2, 0.25) is 4.96 Å². The van der Waals surface area contributed by atoms with Gasteiger partial charge in [0, 0.05) is 17.7 Å². The van der Waals surface area contributed by atoms with Crippen LogP contribution >= 0.6 is 46.1 Å². The van der Waals surface area contributed by atoms with Crippen LogP contribution in [0.2, 0.25) is 0 Å². The van der Waals surface area contributed by atoms with Crippen LogP contribution in [0.25, 0.3) is 15.5 Å². The summed E-state index contributed by atoms with van der Waals surface area (Å²) in [6.45, 7) is 2.00. The SMILES string of the molecule is CCc1nnc2sc(-c3ccc(NC(=O)C(Cl)(Cl)Cl)cc3)nn12. The van der Waals surface area contributed by atoms with Crippen LogP contribution in [-0.2, 0) is 11.2 Å². The Hall–Kier alpha value is -1.41. The van der Waals surface area contributed by atoms with Crippen molar-refractivity contribution in [3.63, 3.8) is 0 Å². The Labute approximate surface area is 150 Å². The van der Waals surface area contributed by atoms with E-state index in [1.807, 2.05) is 19.1 Å². The van der Waals surface area contributed by atoms with Crippen molar-refractivity contribution in [1.29, 1.82) is 0 Å². The molecule has 10 heteroatoms. The van der Waals surface area contributed by atoms with Crippen molar-refractivity contribution in [2.75, 3.05) is 5.32 Å². The number of hydrogen-bond donors (Lipinski definition) is 1. The monoisotopic (exact) mass is 389 g/mol. The molecule has 0 saturated carbocycles. The van der Waals surface area contributed by atoms with Crippen molar-refractivity contribution >= 4 is 62.7 Å². The lowest BCUT2D eigenvalue weighted by Gasteiger charge is -2.11. The molecule has 120 valence electrons. The highest BCUT2D eigenvalue weighted by atomic mass is 35.6. The Bertz CT molecular complexity index is 853. The number of benzene rings is 1. The summed E-state index contributed by atoms with van der Waals surface area (Å²) in [5.41, 5.74) is 1.43. The average molecular weight is 391 g/mol. The molecule has 0 saturated heterocycles. The van der Waals surface area contributed by atoms with Gasteiger partial charge >= 0.3 is 0 Å². The van der Waals surface area contributed by atoms with Crippen molar-refractivity contribution in [3.8, 4) is 10.6 Å². The number of halogens is 3. The highest BCUT2D eigenvalue weighted by Gasteiger charge is 2.30. The molecule has 0 atom stereocenters. The predicted octanol–water partition coefficient (Wildman–Crippen LogP) is 3.72. The molecule has 0 spiro atoms. The molecule has 2 aromatic heterocycles. The molecule has 0 fully saturated rings. The summed E-state index contributed by atoms with van der Waals surface area (Å²) in [7, 11) is 0. The zero-order valence-electron chi connectivity index (χ0n) is 11.8. The minimum atomic E-state index is -2.00. The van der Waals surface area contributed by atoms with E-state index in [1.54, 1.807) is 16.6 Å². The van der Waals surface area contributed by atoms with Gasteiger partial charge in [0.25, 0.3) is 9.70 Å². The predicted molar refractivity (Wildman–Crippen MR) is 92.4 cm³/mol. The second kappa shape index (κ2) is 6.24. The van der Waals surface area contributed by atoms with Crippen LogP contribution in [0, 0.1) is 0 Å². The molecule has 0 aliphatic heterocycles. The van der Waals surface area contributed by atoms with Gasteiger partial charge in [0.15, 0.2) is 5.82 Å². The molecule has 0 aliphatic carbocycles. The van der Waals surface area contributed by atoms with Gasteiger partial charge in [0.05, 0.1) is 0 Å². The van der Waals surface area contributed by atoms with E-state index in [9.17, 15) is 4.79 Å². The molecule has 0 aliphatic rings. The van der Waals surface area contributed by atoms with E-state index in [1.165, 1.54) is 11.3 Å². The highest BCUT2D eigenvalue weighted by molar-refractivity contribution is 7.19. The first-order valence-electron chi connectivity index (χ1n) is 6.58. The Balaban J connectivity index is 1.83. The summed E-state index contributed by atoms with van der Waals surface area (Å²) in [6.07, 6.45) is 0.756. The van der Waals surface area contributed by atoms with Gasteiger partial charge in [-0.05, 0) is 24.3 Å². The zero-order chi connectivity index (χ0) is 16.6. The first-order valence-corrected chi connectivity index (χ1v) is 8.53. The molecule has 1 amide bonds. The van der Waals surface area contributed by atoms with Gasteiger partial charge in [-0.3, -0.25) is 4.79 Å². The Morgan fingerprint density at radius 2 is 1.96 bits per heavy atom. The molecule has 0 radical (unpaired) electrons. The van der Waals surface area contributed by atoms with E-state index < -0.39 is 9.70 Å². The van der Waals surface area contributed by atoms with E-state index >= 15 is 0 Å². The number of nitrogens with one attached hydrogen (secondary N) is 1. The lowest BCUT2D eigenvalue weighted by Crippen LogP contribution is -2.26. The van der Waals surface area contributed by atoms with Crippen LogP contribution in [0.4, 0.5) is 5.69 Å². The first-order chi connectivity index (χ1) is 10.9. The maximum Gasteiger partial charge on any atom is 0.276 e. The molecule has 2 heterocycles. The average Bonchev–Trinajstić information content (AvgIpc) is 3.07. The van der Waals surface area contributed by atoms with Crippen LogP contribution in [0.15, 0.2) is 24.3 Å². The number of fused-ring (bicyclic) bond motifs is 1. The molecule has 6 nitrogen and oxygen atoms in total. The Morgan fingerprint density at radius 1 is 1.26 bits per heavy atom. The number of aromatic nitrogens is 4. The van der Waals surface area contributed by atoms with Gasteiger partial charge in [0.1, 0.15) is 5.01 Å². The topological polar surface area (TPSA) is 72.2 Å². The summed E-state index contributed by atoms with van der Waals surface area (Å²) < 4.78 is -0.263. The molecular weight excluding hydrogens is 381 g/mol. The largest absolute Gasteiger partial charge is 0.322 e. The number of alkyl halides is 3. The van der Waals surface area contributed by atoms with Gasteiger partial charge in [-0.2, -0.15) is 9.61 Å². The third-order valence-corrected chi connectivity index (χ3v) is 4.48.